The third kappa shape index (κ3) is 5.15. The van der Waals surface area contributed by atoms with Crippen molar-refractivity contribution in [2.45, 2.75) is 0 Å². The Balaban J connectivity index is 2.07. The number of hydrogen-bond acceptors (Lipinski definition) is 5. The fraction of sp³-hybridized carbons (Fsp3) is 0.176. The lowest BCUT2D eigenvalue weighted by molar-refractivity contribution is -0.119. The Hall–Kier alpha value is -2.22. The predicted octanol–water partition coefficient (Wildman–Crippen LogP) is 4.60. The minimum atomic E-state index is -0.980. The minimum Gasteiger partial charge on any atom is -0.495 e. The standard InChI is InChI=1S/C17H13Cl3FNO5/c1-25-14-6-13(15(26-2)5-11(14)20)22-16(23)7-27-17(24)8-3-12(21)10(19)4-9(8)18/h3-6H,7H2,1-2H3,(H,22,23). The van der Waals surface area contributed by atoms with Gasteiger partial charge in [-0.15, -0.1) is 0 Å². The zero-order valence-electron chi connectivity index (χ0n) is 14.1. The van der Waals surface area contributed by atoms with Crippen LogP contribution in [0.25, 0.3) is 0 Å². The Morgan fingerprint density at radius 1 is 0.963 bits per heavy atom. The molecule has 0 atom stereocenters. The molecule has 1 N–H and O–H groups in total. The highest BCUT2D eigenvalue weighted by molar-refractivity contribution is 6.36. The molecule has 0 bridgehead atoms. The summed E-state index contributed by atoms with van der Waals surface area (Å²) < 4.78 is 28.5. The van der Waals surface area contributed by atoms with Crippen LogP contribution in [0, 0.1) is 5.82 Å². The highest BCUT2D eigenvalue weighted by atomic mass is 35.5. The summed E-state index contributed by atoms with van der Waals surface area (Å²) in [6.45, 7) is -0.645. The number of nitrogens with one attached hydrogen (secondary N) is 1. The lowest BCUT2D eigenvalue weighted by Crippen LogP contribution is -2.21. The van der Waals surface area contributed by atoms with E-state index in [1.54, 1.807) is 0 Å². The molecule has 6 nitrogen and oxygen atoms in total. The lowest BCUT2D eigenvalue weighted by atomic mass is 10.2. The monoisotopic (exact) mass is 435 g/mol. The van der Waals surface area contributed by atoms with Gasteiger partial charge in [-0.1, -0.05) is 34.8 Å². The van der Waals surface area contributed by atoms with Crippen LogP contribution in [0.15, 0.2) is 24.3 Å². The second kappa shape index (κ2) is 9.12. The molecule has 144 valence electrons. The Labute approximate surface area is 169 Å². The summed E-state index contributed by atoms with van der Waals surface area (Å²) in [6, 6.07) is 4.81. The first-order valence-electron chi connectivity index (χ1n) is 7.29. The molecule has 0 saturated carbocycles. The van der Waals surface area contributed by atoms with Gasteiger partial charge in [0.2, 0.25) is 0 Å². The number of carbonyl (C=O) groups excluding carboxylic acids is 2. The molecule has 0 aliphatic carbocycles. The van der Waals surface area contributed by atoms with E-state index in [-0.39, 0.29) is 32.1 Å². The number of rotatable bonds is 6. The average molecular weight is 437 g/mol. The van der Waals surface area contributed by atoms with E-state index in [9.17, 15) is 14.0 Å². The van der Waals surface area contributed by atoms with Gasteiger partial charge in [0.25, 0.3) is 5.91 Å². The summed E-state index contributed by atoms with van der Waals surface area (Å²) in [6.07, 6.45) is 0. The van der Waals surface area contributed by atoms with Gasteiger partial charge < -0.3 is 19.5 Å². The number of benzene rings is 2. The van der Waals surface area contributed by atoms with Crippen LogP contribution < -0.4 is 14.8 Å². The van der Waals surface area contributed by atoms with Gasteiger partial charge in [-0.25, -0.2) is 9.18 Å². The normalized spacial score (nSPS) is 10.3. The number of halogens is 4. The van der Waals surface area contributed by atoms with Gasteiger partial charge in [-0.05, 0) is 12.1 Å². The third-order valence-electron chi connectivity index (χ3n) is 3.31. The van der Waals surface area contributed by atoms with Crippen molar-refractivity contribution in [2.24, 2.45) is 0 Å². The van der Waals surface area contributed by atoms with Gasteiger partial charge in [0.15, 0.2) is 6.61 Å². The van der Waals surface area contributed by atoms with Crippen molar-refractivity contribution in [1.82, 2.24) is 0 Å². The van der Waals surface area contributed by atoms with Crippen LogP contribution in [0.5, 0.6) is 11.5 Å². The SMILES string of the molecule is COc1cc(NC(=O)COC(=O)c2cc(F)c(Cl)cc2Cl)c(OC)cc1Cl. The molecule has 0 radical (unpaired) electrons. The number of methoxy groups -OCH3 is 2. The Morgan fingerprint density at radius 2 is 1.63 bits per heavy atom. The number of amides is 1. The minimum absolute atomic E-state index is 0.101. The predicted molar refractivity (Wildman–Crippen MR) is 99.9 cm³/mol. The van der Waals surface area contributed by atoms with E-state index in [0.29, 0.717) is 5.75 Å². The smallest absolute Gasteiger partial charge is 0.340 e. The zero-order valence-corrected chi connectivity index (χ0v) is 16.3. The molecule has 2 aromatic rings. The summed E-state index contributed by atoms with van der Waals surface area (Å²) in [5.74, 6) is -1.89. The highest BCUT2D eigenvalue weighted by Gasteiger charge is 2.18. The highest BCUT2D eigenvalue weighted by Crippen LogP contribution is 2.35. The molecule has 1 amide bonds. The molecule has 10 heteroatoms. The Morgan fingerprint density at radius 3 is 2.26 bits per heavy atom. The maximum atomic E-state index is 13.5. The zero-order chi connectivity index (χ0) is 20.1. The van der Waals surface area contributed by atoms with Crippen molar-refractivity contribution in [2.75, 3.05) is 26.1 Å². The van der Waals surface area contributed by atoms with E-state index in [0.717, 1.165) is 12.1 Å². The Bertz CT molecular complexity index is 891. The van der Waals surface area contributed by atoms with Crippen molar-refractivity contribution >= 4 is 52.4 Å². The topological polar surface area (TPSA) is 73.9 Å². The second-order valence-electron chi connectivity index (χ2n) is 5.06. The maximum absolute atomic E-state index is 13.5. The van der Waals surface area contributed by atoms with E-state index in [2.05, 4.69) is 5.32 Å². The van der Waals surface area contributed by atoms with E-state index in [1.807, 2.05) is 0 Å². The largest absolute Gasteiger partial charge is 0.495 e. The summed E-state index contributed by atoms with van der Waals surface area (Å²) in [4.78, 5) is 24.1. The molecule has 0 fully saturated rings. The molecule has 0 unspecified atom stereocenters. The molecular weight excluding hydrogens is 424 g/mol. The molecule has 0 aliphatic heterocycles. The number of esters is 1. The summed E-state index contributed by atoms with van der Waals surface area (Å²) in [5.41, 5.74) is 0.00692. The van der Waals surface area contributed by atoms with Gasteiger partial charge >= 0.3 is 5.97 Å². The molecule has 2 rings (SSSR count). The third-order valence-corrected chi connectivity index (χ3v) is 4.21. The number of anilines is 1. The van der Waals surface area contributed by atoms with Gasteiger partial charge in [-0.3, -0.25) is 4.79 Å². The van der Waals surface area contributed by atoms with Crippen LogP contribution in [0.4, 0.5) is 10.1 Å². The van der Waals surface area contributed by atoms with Crippen molar-refractivity contribution < 1.29 is 28.2 Å². The molecule has 0 saturated heterocycles. The van der Waals surface area contributed by atoms with Gasteiger partial charge in [0.05, 0.1) is 40.5 Å². The quantitative estimate of drug-likeness (QED) is 0.529. The molecule has 0 heterocycles. The van der Waals surface area contributed by atoms with E-state index in [1.165, 1.54) is 26.4 Å². The van der Waals surface area contributed by atoms with Crippen molar-refractivity contribution in [3.8, 4) is 11.5 Å². The summed E-state index contributed by atoms with van der Waals surface area (Å²) in [7, 11) is 2.81. The summed E-state index contributed by atoms with van der Waals surface area (Å²) in [5, 5.41) is 2.45. The van der Waals surface area contributed by atoms with Crippen LogP contribution in [-0.4, -0.2) is 32.7 Å². The summed E-state index contributed by atoms with van der Waals surface area (Å²) >= 11 is 17.4. The van der Waals surface area contributed by atoms with Gasteiger partial charge in [-0.2, -0.15) is 0 Å². The molecule has 0 aromatic heterocycles. The fourth-order valence-electron chi connectivity index (χ4n) is 2.03. The first kappa shape index (κ1) is 21.1. The van der Waals surface area contributed by atoms with Crippen LogP contribution in [-0.2, 0) is 9.53 Å². The van der Waals surface area contributed by atoms with Crippen molar-refractivity contribution in [1.29, 1.82) is 0 Å². The van der Waals surface area contributed by atoms with Crippen molar-refractivity contribution in [3.05, 3.63) is 50.7 Å². The molecule has 0 aliphatic rings. The second-order valence-corrected chi connectivity index (χ2v) is 6.28. The average Bonchev–Trinajstić information content (AvgIpc) is 2.63. The van der Waals surface area contributed by atoms with Crippen LogP contribution in [0.3, 0.4) is 0 Å². The fourth-order valence-corrected chi connectivity index (χ4v) is 2.72. The number of ether oxygens (including phenoxy) is 3. The number of carbonyl (C=O) groups is 2. The van der Waals surface area contributed by atoms with Crippen LogP contribution >= 0.6 is 34.8 Å². The van der Waals surface area contributed by atoms with E-state index in [4.69, 9.17) is 49.0 Å². The maximum Gasteiger partial charge on any atom is 0.340 e. The van der Waals surface area contributed by atoms with Gasteiger partial charge in [0.1, 0.15) is 17.3 Å². The molecule has 0 spiro atoms. The first-order valence-corrected chi connectivity index (χ1v) is 8.43. The molecule has 27 heavy (non-hydrogen) atoms. The lowest BCUT2D eigenvalue weighted by Gasteiger charge is -2.13. The molecule has 2 aromatic carbocycles. The first-order chi connectivity index (χ1) is 12.8. The Kier molecular flexibility index (Phi) is 7.12. The van der Waals surface area contributed by atoms with Crippen molar-refractivity contribution in [3.63, 3.8) is 0 Å². The van der Waals surface area contributed by atoms with E-state index >= 15 is 0 Å². The molecular formula is C17H13Cl3FNO5. The van der Waals surface area contributed by atoms with E-state index < -0.39 is 24.3 Å². The van der Waals surface area contributed by atoms with Crippen LogP contribution in [0.2, 0.25) is 15.1 Å². The van der Waals surface area contributed by atoms with Crippen LogP contribution in [0.1, 0.15) is 10.4 Å². The number of hydrogen-bond donors (Lipinski definition) is 1. The van der Waals surface area contributed by atoms with Gasteiger partial charge in [0, 0.05) is 12.1 Å².